The summed E-state index contributed by atoms with van der Waals surface area (Å²) >= 11 is 0. The van der Waals surface area contributed by atoms with Crippen molar-refractivity contribution < 1.29 is 4.39 Å². The van der Waals surface area contributed by atoms with E-state index in [1.807, 2.05) is 0 Å². The van der Waals surface area contributed by atoms with Crippen LogP contribution in [0.1, 0.15) is 66.7 Å². The summed E-state index contributed by atoms with van der Waals surface area (Å²) < 4.78 is 12.4. The molecule has 0 atom stereocenters. The summed E-state index contributed by atoms with van der Waals surface area (Å²) in [7, 11) is 0. The molecule has 0 heterocycles. The van der Waals surface area contributed by atoms with Gasteiger partial charge in [-0.3, -0.25) is 4.39 Å². The van der Waals surface area contributed by atoms with Crippen molar-refractivity contribution in [3.8, 4) is 11.1 Å². The minimum absolute atomic E-state index is 0.154. The highest BCUT2D eigenvalue weighted by molar-refractivity contribution is 5.63. The Bertz CT molecular complexity index is 914. The molecular formula is C30H35F. The third kappa shape index (κ3) is 6.06. The van der Waals surface area contributed by atoms with Crippen LogP contribution in [0.2, 0.25) is 0 Å². The minimum Gasteiger partial charge on any atom is -0.251 e. The molecule has 1 aliphatic carbocycles. The summed E-state index contributed by atoms with van der Waals surface area (Å²) in [6.45, 7) is 1.97. The van der Waals surface area contributed by atoms with E-state index >= 15 is 0 Å². The predicted octanol–water partition coefficient (Wildman–Crippen LogP) is 8.47. The number of alkyl halides is 1. The molecule has 3 aromatic rings. The average molecular weight is 415 g/mol. The van der Waals surface area contributed by atoms with E-state index in [-0.39, 0.29) is 6.67 Å². The molecule has 0 aromatic heterocycles. The molecule has 1 saturated carbocycles. The number of rotatable bonds is 8. The van der Waals surface area contributed by atoms with E-state index in [1.165, 1.54) is 59.1 Å². The minimum atomic E-state index is -0.154. The SMILES string of the molecule is Cc1ccc(-c2ccc(CCc3ccc([C@H]4CC[C@H](CCCF)CC4)cc3)cc2)cc1. The fraction of sp³-hybridized carbons (Fsp3) is 0.400. The molecule has 0 N–H and O–H groups in total. The van der Waals surface area contributed by atoms with Gasteiger partial charge in [-0.25, -0.2) is 0 Å². The maximum absolute atomic E-state index is 12.4. The van der Waals surface area contributed by atoms with Gasteiger partial charge >= 0.3 is 0 Å². The summed E-state index contributed by atoms with van der Waals surface area (Å²) in [5.41, 5.74) is 8.18. The fourth-order valence-corrected chi connectivity index (χ4v) is 5.01. The van der Waals surface area contributed by atoms with Gasteiger partial charge in [-0.2, -0.15) is 0 Å². The topological polar surface area (TPSA) is 0 Å². The van der Waals surface area contributed by atoms with Crippen molar-refractivity contribution in [1.82, 2.24) is 0 Å². The van der Waals surface area contributed by atoms with Gasteiger partial charge in [-0.1, -0.05) is 78.4 Å². The highest BCUT2D eigenvalue weighted by Crippen LogP contribution is 2.37. The molecule has 3 aromatic carbocycles. The van der Waals surface area contributed by atoms with Crippen LogP contribution >= 0.6 is 0 Å². The lowest BCUT2D eigenvalue weighted by Crippen LogP contribution is -2.13. The summed E-state index contributed by atoms with van der Waals surface area (Å²) in [5.74, 6) is 1.45. The van der Waals surface area contributed by atoms with Crippen LogP contribution in [0.3, 0.4) is 0 Å². The van der Waals surface area contributed by atoms with Crippen molar-refractivity contribution in [3.63, 3.8) is 0 Å². The fourth-order valence-electron chi connectivity index (χ4n) is 5.01. The standard InChI is InChI=1S/C30H35F/c1-23-4-14-27(15-5-23)28-18-10-25(11-19-28)6-7-26-12-20-30(21-13-26)29-16-8-24(9-17-29)3-2-22-31/h4-5,10-15,18-21,24,29H,2-3,6-9,16-17,22H2,1H3/t24-,29-. The Kier molecular flexibility index (Phi) is 7.57. The van der Waals surface area contributed by atoms with Crippen molar-refractivity contribution in [2.45, 2.75) is 64.2 Å². The van der Waals surface area contributed by atoms with E-state index in [1.54, 1.807) is 0 Å². The van der Waals surface area contributed by atoms with Gasteiger partial charge in [0.25, 0.3) is 0 Å². The van der Waals surface area contributed by atoms with E-state index in [2.05, 4.69) is 79.7 Å². The van der Waals surface area contributed by atoms with E-state index in [9.17, 15) is 4.39 Å². The van der Waals surface area contributed by atoms with Crippen LogP contribution in [0, 0.1) is 12.8 Å². The first-order chi connectivity index (χ1) is 15.2. The van der Waals surface area contributed by atoms with Gasteiger partial charge in [0.15, 0.2) is 0 Å². The summed E-state index contributed by atoms with van der Waals surface area (Å²) in [6.07, 6.45) is 9.06. The molecule has 1 aliphatic rings. The molecule has 0 spiro atoms. The van der Waals surface area contributed by atoms with E-state index in [0.717, 1.165) is 31.6 Å². The van der Waals surface area contributed by atoms with Gasteiger partial charge in [0, 0.05) is 0 Å². The van der Waals surface area contributed by atoms with Gasteiger partial charge in [-0.05, 0) is 97.9 Å². The molecular weight excluding hydrogens is 379 g/mol. The zero-order chi connectivity index (χ0) is 21.5. The van der Waals surface area contributed by atoms with Gasteiger partial charge in [0.2, 0.25) is 0 Å². The molecule has 0 bridgehead atoms. The molecule has 0 nitrogen and oxygen atoms in total. The lowest BCUT2D eigenvalue weighted by molar-refractivity contribution is 0.293. The van der Waals surface area contributed by atoms with Crippen LogP contribution in [-0.4, -0.2) is 6.67 Å². The molecule has 0 aliphatic heterocycles. The zero-order valence-corrected chi connectivity index (χ0v) is 18.8. The molecule has 4 rings (SSSR count). The van der Waals surface area contributed by atoms with Gasteiger partial charge in [-0.15, -0.1) is 0 Å². The van der Waals surface area contributed by atoms with Crippen molar-refractivity contribution >= 4 is 0 Å². The average Bonchev–Trinajstić information content (AvgIpc) is 2.83. The van der Waals surface area contributed by atoms with Crippen molar-refractivity contribution in [3.05, 3.63) is 95.1 Å². The van der Waals surface area contributed by atoms with E-state index in [0.29, 0.717) is 5.92 Å². The van der Waals surface area contributed by atoms with E-state index < -0.39 is 0 Å². The number of hydrogen-bond donors (Lipinski definition) is 0. The van der Waals surface area contributed by atoms with Crippen molar-refractivity contribution in [2.75, 3.05) is 6.67 Å². The normalized spacial score (nSPS) is 18.8. The van der Waals surface area contributed by atoms with Crippen molar-refractivity contribution in [2.24, 2.45) is 5.92 Å². The molecule has 1 heteroatoms. The Hall–Kier alpha value is -2.41. The Morgan fingerprint density at radius 3 is 1.74 bits per heavy atom. The maximum atomic E-state index is 12.4. The van der Waals surface area contributed by atoms with Crippen LogP contribution < -0.4 is 0 Å². The van der Waals surface area contributed by atoms with E-state index in [4.69, 9.17) is 0 Å². The molecule has 31 heavy (non-hydrogen) atoms. The summed E-state index contributed by atoms with van der Waals surface area (Å²) in [4.78, 5) is 0. The molecule has 0 radical (unpaired) electrons. The Morgan fingerprint density at radius 2 is 1.19 bits per heavy atom. The largest absolute Gasteiger partial charge is 0.251 e. The second-order valence-electron chi connectivity index (χ2n) is 9.35. The number of aryl methyl sites for hydroxylation is 3. The molecule has 0 unspecified atom stereocenters. The van der Waals surface area contributed by atoms with Gasteiger partial charge in [0.05, 0.1) is 6.67 Å². The first-order valence-corrected chi connectivity index (χ1v) is 12.0. The molecule has 162 valence electrons. The number of benzene rings is 3. The second kappa shape index (κ2) is 10.8. The van der Waals surface area contributed by atoms with Crippen LogP contribution in [0.5, 0.6) is 0 Å². The van der Waals surface area contributed by atoms with Crippen LogP contribution in [-0.2, 0) is 12.8 Å². The first-order valence-electron chi connectivity index (χ1n) is 12.0. The number of hydrogen-bond acceptors (Lipinski definition) is 0. The smallest absolute Gasteiger partial charge is 0.0894 e. The second-order valence-corrected chi connectivity index (χ2v) is 9.35. The van der Waals surface area contributed by atoms with Crippen LogP contribution in [0.15, 0.2) is 72.8 Å². The summed E-state index contributed by atoms with van der Waals surface area (Å²) in [5, 5.41) is 0. The summed E-state index contributed by atoms with van der Waals surface area (Å²) in [6, 6.07) is 27.1. The Balaban J connectivity index is 1.27. The van der Waals surface area contributed by atoms with Crippen molar-refractivity contribution in [1.29, 1.82) is 0 Å². The Labute approximate surface area is 187 Å². The lowest BCUT2D eigenvalue weighted by atomic mass is 9.77. The van der Waals surface area contributed by atoms with Gasteiger partial charge < -0.3 is 0 Å². The zero-order valence-electron chi connectivity index (χ0n) is 18.8. The third-order valence-corrected chi connectivity index (χ3v) is 7.09. The quantitative estimate of drug-likeness (QED) is 0.347. The van der Waals surface area contributed by atoms with Crippen LogP contribution in [0.25, 0.3) is 11.1 Å². The third-order valence-electron chi connectivity index (χ3n) is 7.09. The highest BCUT2D eigenvalue weighted by atomic mass is 19.1. The Morgan fingerprint density at radius 1 is 0.677 bits per heavy atom. The lowest BCUT2D eigenvalue weighted by Gasteiger charge is -2.28. The first kappa shape index (κ1) is 21.8. The molecule has 0 saturated heterocycles. The predicted molar refractivity (Wildman–Crippen MR) is 130 cm³/mol. The number of halogens is 1. The molecule has 0 amide bonds. The highest BCUT2D eigenvalue weighted by Gasteiger charge is 2.21. The molecule has 1 fully saturated rings. The van der Waals surface area contributed by atoms with Crippen LogP contribution in [0.4, 0.5) is 4.39 Å². The monoisotopic (exact) mass is 414 g/mol. The maximum Gasteiger partial charge on any atom is 0.0894 e. The van der Waals surface area contributed by atoms with Gasteiger partial charge in [0.1, 0.15) is 0 Å².